The molecule has 4 aromatic rings. The van der Waals surface area contributed by atoms with Crippen molar-refractivity contribution in [1.82, 2.24) is 19.9 Å². The number of anilines is 1. The third-order valence-corrected chi connectivity index (χ3v) is 7.01. The predicted molar refractivity (Wildman–Crippen MR) is 120 cm³/mol. The molecule has 0 saturated heterocycles. The Balaban J connectivity index is 1.46. The smallest absolute Gasteiger partial charge is 0.164 e. The quantitative estimate of drug-likeness (QED) is 0.419. The number of pyridine rings is 1. The van der Waals surface area contributed by atoms with E-state index < -0.39 is 11.6 Å². The molecular formula is C25H23F2N5. The summed E-state index contributed by atoms with van der Waals surface area (Å²) >= 11 is 0. The van der Waals surface area contributed by atoms with Gasteiger partial charge in [-0.15, -0.1) is 0 Å². The molecule has 0 spiro atoms. The highest BCUT2D eigenvalue weighted by Gasteiger charge is 2.35. The highest BCUT2D eigenvalue weighted by atomic mass is 19.1. The molecule has 1 unspecified atom stereocenters. The van der Waals surface area contributed by atoms with E-state index in [1.807, 2.05) is 18.2 Å². The van der Waals surface area contributed by atoms with Crippen molar-refractivity contribution in [2.24, 2.45) is 11.8 Å². The summed E-state index contributed by atoms with van der Waals surface area (Å²) in [7, 11) is 0. The van der Waals surface area contributed by atoms with E-state index >= 15 is 0 Å². The third kappa shape index (κ3) is 3.42. The van der Waals surface area contributed by atoms with Crippen LogP contribution in [0, 0.1) is 23.5 Å². The van der Waals surface area contributed by atoms with E-state index in [9.17, 15) is 8.78 Å². The highest BCUT2D eigenvalue weighted by molar-refractivity contribution is 5.94. The fraction of sp³-hybridized carbons (Fsp3) is 0.320. The second-order valence-electron chi connectivity index (χ2n) is 8.98. The number of aromatic nitrogens is 4. The van der Waals surface area contributed by atoms with Crippen molar-refractivity contribution in [2.75, 3.05) is 5.32 Å². The lowest BCUT2D eigenvalue weighted by molar-refractivity contribution is 0.157. The maximum Gasteiger partial charge on any atom is 0.164 e. The van der Waals surface area contributed by atoms with Crippen LogP contribution in [0.25, 0.3) is 33.5 Å². The minimum atomic E-state index is -0.633. The van der Waals surface area contributed by atoms with Crippen molar-refractivity contribution < 1.29 is 8.78 Å². The molecule has 3 saturated carbocycles. The van der Waals surface area contributed by atoms with Crippen LogP contribution in [0.3, 0.4) is 0 Å². The van der Waals surface area contributed by atoms with Crippen LogP contribution in [-0.2, 0) is 0 Å². The second kappa shape index (κ2) is 7.65. The Morgan fingerprint density at radius 3 is 2.66 bits per heavy atom. The minimum absolute atomic E-state index is 0.246. The lowest BCUT2D eigenvalue weighted by atomic mass is 9.68. The summed E-state index contributed by atoms with van der Waals surface area (Å²) in [5.41, 5.74) is 2.40. The van der Waals surface area contributed by atoms with Crippen molar-refractivity contribution >= 4 is 16.7 Å². The Kier molecular flexibility index (Phi) is 4.63. The lowest BCUT2D eigenvalue weighted by Crippen LogP contribution is -2.40. The molecule has 0 amide bonds. The largest absolute Gasteiger partial charge is 0.367 e. The minimum Gasteiger partial charge on any atom is -0.367 e. The van der Waals surface area contributed by atoms with Gasteiger partial charge in [0.2, 0.25) is 0 Å². The van der Waals surface area contributed by atoms with Crippen molar-refractivity contribution in [2.45, 2.75) is 38.1 Å². The summed E-state index contributed by atoms with van der Waals surface area (Å²) in [6, 6.07) is 8.34. The van der Waals surface area contributed by atoms with Gasteiger partial charge < -0.3 is 10.3 Å². The molecule has 3 aliphatic carbocycles. The average Bonchev–Trinajstić information content (AvgIpc) is 3.24. The first-order valence-corrected chi connectivity index (χ1v) is 11.2. The van der Waals surface area contributed by atoms with Crippen LogP contribution in [0.4, 0.5) is 14.6 Å². The molecule has 0 radical (unpaired) electrons. The molecule has 3 aromatic heterocycles. The summed E-state index contributed by atoms with van der Waals surface area (Å²) in [6.07, 6.45) is 11.4. The zero-order valence-corrected chi connectivity index (χ0v) is 17.5. The number of hydrogen-bond acceptors (Lipinski definition) is 4. The Labute approximate surface area is 184 Å². The molecule has 7 rings (SSSR count). The maximum absolute atomic E-state index is 14.3. The first-order valence-electron chi connectivity index (χ1n) is 11.2. The summed E-state index contributed by atoms with van der Waals surface area (Å²) in [4.78, 5) is 16.6. The number of rotatable bonds is 4. The van der Waals surface area contributed by atoms with Crippen LogP contribution in [0.2, 0.25) is 0 Å². The number of nitrogens with zero attached hydrogens (tertiary/aromatic N) is 3. The first-order chi connectivity index (χ1) is 15.6. The molecule has 2 bridgehead atoms. The van der Waals surface area contributed by atoms with Crippen LogP contribution in [0.1, 0.15) is 32.1 Å². The maximum atomic E-state index is 14.3. The van der Waals surface area contributed by atoms with Crippen LogP contribution < -0.4 is 5.32 Å². The van der Waals surface area contributed by atoms with Gasteiger partial charge in [0, 0.05) is 53.3 Å². The zero-order valence-electron chi connectivity index (χ0n) is 17.5. The molecule has 7 heteroatoms. The Hall–Kier alpha value is -3.35. The van der Waals surface area contributed by atoms with E-state index in [2.05, 4.69) is 15.3 Å². The molecule has 5 nitrogen and oxygen atoms in total. The van der Waals surface area contributed by atoms with Gasteiger partial charge in [0.05, 0.1) is 11.2 Å². The van der Waals surface area contributed by atoms with Gasteiger partial charge >= 0.3 is 0 Å². The Morgan fingerprint density at radius 2 is 1.91 bits per heavy atom. The fourth-order valence-corrected chi connectivity index (χ4v) is 5.39. The van der Waals surface area contributed by atoms with E-state index in [1.165, 1.54) is 31.7 Å². The molecule has 3 heterocycles. The molecule has 32 heavy (non-hydrogen) atoms. The predicted octanol–water partition coefficient (Wildman–Crippen LogP) is 5.96. The molecule has 162 valence electrons. The molecule has 3 fully saturated rings. The van der Waals surface area contributed by atoms with Gasteiger partial charge in [0.1, 0.15) is 17.5 Å². The van der Waals surface area contributed by atoms with Crippen LogP contribution in [0.5, 0.6) is 0 Å². The van der Waals surface area contributed by atoms with Crippen molar-refractivity contribution in [3.63, 3.8) is 0 Å². The van der Waals surface area contributed by atoms with Gasteiger partial charge in [-0.05, 0) is 49.3 Å². The summed E-state index contributed by atoms with van der Waals surface area (Å²) in [5, 5.41) is 4.09. The van der Waals surface area contributed by atoms with Gasteiger partial charge in [0.25, 0.3) is 0 Å². The monoisotopic (exact) mass is 431 g/mol. The zero-order chi connectivity index (χ0) is 21.7. The molecular weight excluding hydrogens is 408 g/mol. The van der Waals surface area contributed by atoms with Crippen LogP contribution in [0.15, 0.2) is 48.9 Å². The third-order valence-electron chi connectivity index (χ3n) is 7.01. The van der Waals surface area contributed by atoms with Crippen molar-refractivity contribution in [1.29, 1.82) is 0 Å². The molecule has 2 N–H and O–H groups in total. The Morgan fingerprint density at radius 1 is 1.03 bits per heavy atom. The van der Waals surface area contributed by atoms with Crippen LogP contribution in [-0.4, -0.2) is 26.0 Å². The van der Waals surface area contributed by atoms with E-state index in [4.69, 9.17) is 9.97 Å². The first kappa shape index (κ1) is 19.3. The van der Waals surface area contributed by atoms with E-state index in [0.717, 1.165) is 35.5 Å². The summed E-state index contributed by atoms with van der Waals surface area (Å²) < 4.78 is 28.2. The second-order valence-corrected chi connectivity index (χ2v) is 8.98. The number of H-pyrrole nitrogens is 1. The number of aromatic amines is 1. The van der Waals surface area contributed by atoms with E-state index in [1.54, 1.807) is 18.6 Å². The number of fused-ring (bicyclic) bond motifs is 4. The molecule has 1 atom stereocenters. The number of nitrogens with one attached hydrogen (secondary N) is 2. The van der Waals surface area contributed by atoms with Gasteiger partial charge in [-0.2, -0.15) is 0 Å². The highest BCUT2D eigenvalue weighted by Crippen LogP contribution is 2.42. The fourth-order valence-electron chi connectivity index (χ4n) is 5.39. The number of halogens is 2. The van der Waals surface area contributed by atoms with E-state index in [-0.39, 0.29) is 5.52 Å². The molecule has 0 aliphatic heterocycles. The van der Waals surface area contributed by atoms with Gasteiger partial charge in [-0.1, -0.05) is 12.8 Å². The van der Waals surface area contributed by atoms with Gasteiger partial charge in [0.15, 0.2) is 5.82 Å². The number of benzene rings is 1. The average molecular weight is 431 g/mol. The van der Waals surface area contributed by atoms with Crippen molar-refractivity contribution in [3.05, 3.63) is 60.6 Å². The lowest BCUT2D eigenvalue weighted by Gasteiger charge is -2.42. The summed E-state index contributed by atoms with van der Waals surface area (Å²) in [6.45, 7) is 0. The van der Waals surface area contributed by atoms with Gasteiger partial charge in [-0.3, -0.25) is 4.98 Å². The summed E-state index contributed by atoms with van der Waals surface area (Å²) in [5.74, 6) is 1.35. The molecule has 3 aliphatic rings. The SMILES string of the molecule is Fc1cc(F)c2[nH]cc(-c3nc(NC4CC5CCC4CC5)cc(-c4cccnc4)n3)c2c1. The topological polar surface area (TPSA) is 66.5 Å². The van der Waals surface area contributed by atoms with E-state index in [0.29, 0.717) is 28.7 Å². The normalized spacial score (nSPS) is 22.4. The standard InChI is InChI=1S/C25H23F2N5/c26-17-9-18-19(13-29-24(18)20(27)10-17)25-31-22(16-2-1-7-28-12-16)11-23(32-25)30-21-8-14-3-5-15(21)6-4-14/h1-2,7,9-15,21,29H,3-6,8H2,(H,30,31,32). The Bertz CT molecular complexity index is 1280. The van der Waals surface area contributed by atoms with Crippen LogP contribution >= 0.6 is 0 Å². The molecule has 1 aromatic carbocycles. The van der Waals surface area contributed by atoms with Crippen molar-refractivity contribution in [3.8, 4) is 22.6 Å². The number of hydrogen-bond donors (Lipinski definition) is 2. The van der Waals surface area contributed by atoms with Gasteiger partial charge in [-0.25, -0.2) is 18.7 Å².